The molecule has 1 aromatic heterocycles. The topological polar surface area (TPSA) is 70.8 Å². The molecule has 104 valence electrons. The molecule has 5 heteroatoms. The number of hydrogen-bond donors (Lipinski definition) is 1. The SMILES string of the molecule is COCc1cc(NCC(C)C#N)nc(C(C)(C)C)n1. The maximum Gasteiger partial charge on any atom is 0.136 e. The molecule has 0 spiro atoms. The fourth-order valence-electron chi connectivity index (χ4n) is 1.45. The van der Waals surface area contributed by atoms with E-state index in [0.717, 1.165) is 17.3 Å². The first-order valence-corrected chi connectivity index (χ1v) is 6.37. The summed E-state index contributed by atoms with van der Waals surface area (Å²) in [4.78, 5) is 9.01. The Kier molecular flexibility index (Phi) is 5.25. The van der Waals surface area contributed by atoms with Gasteiger partial charge in [-0.1, -0.05) is 20.8 Å². The van der Waals surface area contributed by atoms with Gasteiger partial charge in [0.25, 0.3) is 0 Å². The van der Waals surface area contributed by atoms with Gasteiger partial charge in [-0.3, -0.25) is 0 Å². The van der Waals surface area contributed by atoms with Crippen LogP contribution in [0.5, 0.6) is 0 Å². The monoisotopic (exact) mass is 262 g/mol. The summed E-state index contributed by atoms with van der Waals surface area (Å²) in [7, 11) is 1.64. The highest BCUT2D eigenvalue weighted by atomic mass is 16.5. The Bertz CT molecular complexity index is 459. The third-order valence-electron chi connectivity index (χ3n) is 2.55. The molecule has 19 heavy (non-hydrogen) atoms. The van der Waals surface area contributed by atoms with E-state index >= 15 is 0 Å². The highest BCUT2D eigenvalue weighted by Gasteiger charge is 2.19. The molecular weight excluding hydrogens is 240 g/mol. The van der Waals surface area contributed by atoms with E-state index in [-0.39, 0.29) is 11.3 Å². The predicted molar refractivity (Wildman–Crippen MR) is 74.7 cm³/mol. The summed E-state index contributed by atoms with van der Waals surface area (Å²) in [6, 6.07) is 4.05. The minimum absolute atomic E-state index is 0.0565. The standard InChI is InChI=1S/C14H22N4O/c1-10(7-15)8-16-12-6-11(9-19-5)17-13(18-12)14(2,3)4/h6,10H,8-9H2,1-5H3,(H,16,17,18). The van der Waals surface area contributed by atoms with Crippen LogP contribution < -0.4 is 5.32 Å². The average molecular weight is 262 g/mol. The fraction of sp³-hybridized carbons (Fsp3) is 0.643. The first kappa shape index (κ1) is 15.4. The lowest BCUT2D eigenvalue weighted by Gasteiger charge is -2.19. The van der Waals surface area contributed by atoms with Gasteiger partial charge in [0, 0.05) is 25.1 Å². The summed E-state index contributed by atoms with van der Waals surface area (Å²) in [6.07, 6.45) is 0. The number of rotatable bonds is 5. The van der Waals surface area contributed by atoms with Gasteiger partial charge in [-0.05, 0) is 6.92 Å². The molecule has 0 fully saturated rings. The Hall–Kier alpha value is -1.67. The van der Waals surface area contributed by atoms with E-state index < -0.39 is 0 Å². The zero-order chi connectivity index (χ0) is 14.5. The highest BCUT2D eigenvalue weighted by molar-refractivity contribution is 5.37. The first-order chi connectivity index (χ1) is 8.86. The summed E-state index contributed by atoms with van der Waals surface area (Å²) < 4.78 is 5.13. The van der Waals surface area contributed by atoms with Gasteiger partial charge in [-0.15, -0.1) is 0 Å². The van der Waals surface area contributed by atoms with E-state index in [2.05, 4.69) is 42.1 Å². The second kappa shape index (κ2) is 6.48. The third-order valence-corrected chi connectivity index (χ3v) is 2.55. The molecule has 1 N–H and O–H groups in total. The Balaban J connectivity index is 2.97. The van der Waals surface area contributed by atoms with Crippen LogP contribution in [0.1, 0.15) is 39.2 Å². The molecule has 0 aliphatic rings. The van der Waals surface area contributed by atoms with Crippen molar-refractivity contribution in [2.75, 3.05) is 19.0 Å². The van der Waals surface area contributed by atoms with Crippen LogP contribution >= 0.6 is 0 Å². The zero-order valence-corrected chi connectivity index (χ0v) is 12.3. The van der Waals surface area contributed by atoms with Gasteiger partial charge in [0.2, 0.25) is 0 Å². The summed E-state index contributed by atoms with van der Waals surface area (Å²) in [5.41, 5.74) is 0.718. The molecule has 1 rings (SSSR count). The molecule has 1 atom stereocenters. The van der Waals surface area contributed by atoms with Crippen molar-refractivity contribution in [1.29, 1.82) is 5.26 Å². The van der Waals surface area contributed by atoms with Crippen LogP contribution in [0.25, 0.3) is 0 Å². The minimum Gasteiger partial charge on any atom is -0.378 e. The van der Waals surface area contributed by atoms with E-state index in [1.165, 1.54) is 0 Å². The lowest BCUT2D eigenvalue weighted by atomic mass is 9.95. The molecule has 5 nitrogen and oxygen atoms in total. The van der Waals surface area contributed by atoms with Crippen LogP contribution in [0.4, 0.5) is 5.82 Å². The van der Waals surface area contributed by atoms with Crippen LogP contribution in [0.2, 0.25) is 0 Å². The first-order valence-electron chi connectivity index (χ1n) is 6.37. The van der Waals surface area contributed by atoms with Crippen LogP contribution in [0.3, 0.4) is 0 Å². The van der Waals surface area contributed by atoms with Crippen LogP contribution in [-0.4, -0.2) is 23.6 Å². The maximum atomic E-state index is 8.79. The highest BCUT2D eigenvalue weighted by Crippen LogP contribution is 2.20. The van der Waals surface area contributed by atoms with E-state index in [4.69, 9.17) is 10.00 Å². The summed E-state index contributed by atoms with van der Waals surface area (Å²) in [5, 5.41) is 12.0. The number of aromatic nitrogens is 2. The lowest BCUT2D eigenvalue weighted by molar-refractivity contribution is 0.181. The number of ether oxygens (including phenoxy) is 1. The van der Waals surface area contributed by atoms with Crippen molar-refractivity contribution in [3.8, 4) is 6.07 Å². The van der Waals surface area contributed by atoms with Crippen molar-refractivity contribution in [2.24, 2.45) is 5.92 Å². The number of hydrogen-bond acceptors (Lipinski definition) is 5. The van der Waals surface area contributed by atoms with E-state index in [0.29, 0.717) is 13.2 Å². The number of nitrogens with one attached hydrogen (secondary N) is 1. The molecular formula is C14H22N4O. The maximum absolute atomic E-state index is 8.79. The third kappa shape index (κ3) is 4.84. The normalized spacial score (nSPS) is 12.8. The van der Waals surface area contributed by atoms with Gasteiger partial charge in [-0.25, -0.2) is 9.97 Å². The second-order valence-corrected chi connectivity index (χ2v) is 5.66. The van der Waals surface area contributed by atoms with Crippen molar-refractivity contribution < 1.29 is 4.74 Å². The lowest BCUT2D eigenvalue weighted by Crippen LogP contribution is -2.19. The van der Waals surface area contributed by atoms with E-state index in [9.17, 15) is 0 Å². The fourth-order valence-corrected chi connectivity index (χ4v) is 1.45. The van der Waals surface area contributed by atoms with Gasteiger partial charge in [0.15, 0.2) is 0 Å². The van der Waals surface area contributed by atoms with Crippen LogP contribution in [0.15, 0.2) is 6.07 Å². The van der Waals surface area contributed by atoms with Crippen molar-refractivity contribution in [2.45, 2.75) is 39.7 Å². The number of methoxy groups -OCH3 is 1. The molecule has 0 saturated carbocycles. The molecule has 0 bridgehead atoms. The van der Waals surface area contributed by atoms with E-state index in [1.54, 1.807) is 7.11 Å². The molecule has 0 saturated heterocycles. The quantitative estimate of drug-likeness (QED) is 0.882. The predicted octanol–water partition coefficient (Wildman–Crippen LogP) is 2.49. The second-order valence-electron chi connectivity index (χ2n) is 5.66. The summed E-state index contributed by atoms with van der Waals surface area (Å²) in [5.74, 6) is 1.46. The number of anilines is 1. The Labute approximate surface area is 115 Å². The molecule has 0 amide bonds. The van der Waals surface area contributed by atoms with Gasteiger partial charge in [-0.2, -0.15) is 5.26 Å². The number of nitriles is 1. The molecule has 0 aliphatic carbocycles. The average Bonchev–Trinajstić information content (AvgIpc) is 2.35. The van der Waals surface area contributed by atoms with Crippen molar-refractivity contribution in [3.63, 3.8) is 0 Å². The summed E-state index contributed by atoms with van der Waals surface area (Å²) in [6.45, 7) is 9.11. The van der Waals surface area contributed by atoms with Gasteiger partial charge < -0.3 is 10.1 Å². The van der Waals surface area contributed by atoms with Crippen LogP contribution in [0, 0.1) is 17.2 Å². The minimum atomic E-state index is -0.124. The molecule has 1 aromatic rings. The van der Waals surface area contributed by atoms with Crippen molar-refractivity contribution in [3.05, 3.63) is 17.6 Å². The van der Waals surface area contributed by atoms with Crippen molar-refractivity contribution >= 4 is 5.82 Å². The van der Waals surface area contributed by atoms with Crippen molar-refractivity contribution in [1.82, 2.24) is 9.97 Å². The van der Waals surface area contributed by atoms with Gasteiger partial charge in [0.1, 0.15) is 11.6 Å². The Morgan fingerprint density at radius 1 is 1.42 bits per heavy atom. The molecule has 1 unspecified atom stereocenters. The Morgan fingerprint density at radius 3 is 2.63 bits per heavy atom. The van der Waals surface area contributed by atoms with Crippen LogP contribution in [-0.2, 0) is 16.8 Å². The largest absolute Gasteiger partial charge is 0.378 e. The van der Waals surface area contributed by atoms with E-state index in [1.807, 2.05) is 13.0 Å². The smallest absolute Gasteiger partial charge is 0.136 e. The molecule has 0 aromatic carbocycles. The van der Waals surface area contributed by atoms with Gasteiger partial charge >= 0.3 is 0 Å². The van der Waals surface area contributed by atoms with Gasteiger partial charge in [0.05, 0.1) is 24.3 Å². The Morgan fingerprint density at radius 2 is 2.11 bits per heavy atom. The number of nitrogens with zero attached hydrogens (tertiary/aromatic N) is 3. The molecule has 0 aliphatic heterocycles. The molecule has 1 heterocycles. The summed E-state index contributed by atoms with van der Waals surface area (Å²) >= 11 is 0. The zero-order valence-electron chi connectivity index (χ0n) is 12.3. The molecule has 0 radical (unpaired) electrons.